The molecule has 0 nitrogen and oxygen atoms in total. The van der Waals surface area contributed by atoms with Crippen LogP contribution in [0.1, 0.15) is 100 Å². The number of unbranched alkanes of at least 4 members (excludes halogenated alkanes) is 4. The van der Waals surface area contributed by atoms with Gasteiger partial charge in [-0.25, -0.2) is 0 Å². The van der Waals surface area contributed by atoms with Gasteiger partial charge in [0.25, 0.3) is 0 Å². The molecule has 0 saturated carbocycles. The molecule has 0 fully saturated rings. The lowest BCUT2D eigenvalue weighted by Crippen LogP contribution is -1.59. The van der Waals surface area contributed by atoms with E-state index in [-0.39, 0.29) is 7.43 Å². The molecule has 0 aliphatic heterocycles. The summed E-state index contributed by atoms with van der Waals surface area (Å²) >= 11 is 0. The van der Waals surface area contributed by atoms with Gasteiger partial charge in [-0.1, -0.05) is 99.6 Å². The molecule has 0 unspecified atom stereocenters. The van der Waals surface area contributed by atoms with Crippen LogP contribution in [0.15, 0.2) is 25.3 Å². The molecule has 0 aliphatic rings. The summed E-state index contributed by atoms with van der Waals surface area (Å²) < 4.78 is 0. The van der Waals surface area contributed by atoms with Crippen molar-refractivity contribution >= 4 is 0 Å². The highest BCUT2D eigenvalue weighted by molar-refractivity contribution is 4.60. The molecule has 0 heteroatoms. The summed E-state index contributed by atoms with van der Waals surface area (Å²) in [6.45, 7) is 19.9. The maximum atomic E-state index is 3.48. The summed E-state index contributed by atoms with van der Waals surface area (Å²) in [6, 6.07) is 0. The maximum Gasteiger partial charge on any atom is -0.0382 e. The van der Waals surface area contributed by atoms with Crippen LogP contribution in [-0.4, -0.2) is 0 Å². The van der Waals surface area contributed by atoms with Gasteiger partial charge in [-0.05, 0) is 12.8 Å². The van der Waals surface area contributed by atoms with E-state index in [2.05, 4.69) is 54.7 Å². The Balaban J connectivity index is -0.0000000453. The Morgan fingerprint density at radius 1 is 0.579 bits per heavy atom. The molecule has 0 N–H and O–H groups in total. The zero-order valence-corrected chi connectivity index (χ0v) is 14.2. The third-order valence-electron chi connectivity index (χ3n) is 1.99. The molecule has 0 spiro atoms. The van der Waals surface area contributed by atoms with Gasteiger partial charge >= 0.3 is 0 Å². The largest absolute Gasteiger partial charge is 0.103 e. The van der Waals surface area contributed by atoms with E-state index in [1.54, 1.807) is 0 Å². The smallest absolute Gasteiger partial charge is 0.0382 e. The highest BCUT2D eigenvalue weighted by Crippen LogP contribution is 1.88. The standard InChI is InChI=1S/2C5H12.2C4H8.CH4/c2*1-3-5-4-2;2*1-3-4-2;/h2*3-5H2,1-2H3;2*3H,1,4H2,2H3;1H4. The van der Waals surface area contributed by atoms with E-state index in [0.717, 1.165) is 12.8 Å². The van der Waals surface area contributed by atoms with E-state index in [9.17, 15) is 0 Å². The van der Waals surface area contributed by atoms with Crippen LogP contribution in [0.3, 0.4) is 0 Å². The Bertz CT molecular complexity index is 84.6. The Kier molecular flexibility index (Phi) is 86.4. The minimum atomic E-state index is 0. The van der Waals surface area contributed by atoms with Crippen LogP contribution in [-0.2, 0) is 0 Å². The summed E-state index contributed by atoms with van der Waals surface area (Å²) in [5, 5.41) is 0. The van der Waals surface area contributed by atoms with Crippen LogP contribution in [0.5, 0.6) is 0 Å². The van der Waals surface area contributed by atoms with Gasteiger partial charge in [-0.15, -0.1) is 13.2 Å². The summed E-state index contributed by atoms with van der Waals surface area (Å²) in [6.07, 6.45) is 14.1. The van der Waals surface area contributed by atoms with E-state index >= 15 is 0 Å². The summed E-state index contributed by atoms with van der Waals surface area (Å²) in [5.74, 6) is 0. The van der Waals surface area contributed by atoms with E-state index in [4.69, 9.17) is 0 Å². The molecular weight excluding hydrogens is 228 g/mol. The Hall–Kier alpha value is -0.520. The van der Waals surface area contributed by atoms with Gasteiger partial charge in [0, 0.05) is 0 Å². The molecule has 0 aromatic heterocycles. The second kappa shape index (κ2) is 52.8. The molecule has 0 bridgehead atoms. The Labute approximate surface area is 126 Å². The molecule has 0 aromatic carbocycles. The van der Waals surface area contributed by atoms with Crippen LogP contribution in [0.25, 0.3) is 0 Å². The van der Waals surface area contributed by atoms with Crippen molar-refractivity contribution in [2.45, 2.75) is 100 Å². The van der Waals surface area contributed by atoms with Crippen LogP contribution >= 0.6 is 0 Å². The first-order chi connectivity index (χ1) is 8.66. The average molecular weight is 273 g/mol. The lowest BCUT2D eigenvalue weighted by molar-refractivity contribution is 0.772. The van der Waals surface area contributed by atoms with E-state index in [1.807, 2.05) is 12.2 Å². The van der Waals surface area contributed by atoms with Crippen molar-refractivity contribution in [2.24, 2.45) is 0 Å². The van der Waals surface area contributed by atoms with Gasteiger partial charge in [-0.2, -0.15) is 0 Å². The molecule has 120 valence electrons. The molecule has 0 radical (unpaired) electrons. The molecule has 0 rings (SSSR count). The minimum Gasteiger partial charge on any atom is -0.103 e. The van der Waals surface area contributed by atoms with Gasteiger partial charge in [-0.3, -0.25) is 0 Å². The first kappa shape index (κ1) is 31.1. The van der Waals surface area contributed by atoms with Crippen LogP contribution in [0.4, 0.5) is 0 Å². The van der Waals surface area contributed by atoms with Crippen molar-refractivity contribution in [3.05, 3.63) is 25.3 Å². The third kappa shape index (κ3) is 139. The predicted molar refractivity (Wildman–Crippen MR) is 98.1 cm³/mol. The number of rotatable bonds is 6. The van der Waals surface area contributed by atoms with E-state index in [1.165, 1.54) is 38.5 Å². The molecule has 19 heavy (non-hydrogen) atoms. The summed E-state index contributed by atoms with van der Waals surface area (Å²) in [7, 11) is 0. The van der Waals surface area contributed by atoms with Crippen molar-refractivity contribution in [1.29, 1.82) is 0 Å². The van der Waals surface area contributed by atoms with Gasteiger partial charge < -0.3 is 0 Å². The molecule has 0 heterocycles. The molecule has 0 saturated heterocycles. The van der Waals surface area contributed by atoms with Gasteiger partial charge in [0.1, 0.15) is 0 Å². The zero-order valence-electron chi connectivity index (χ0n) is 14.2. The quantitative estimate of drug-likeness (QED) is 0.427. The second-order valence-electron chi connectivity index (χ2n) is 4.10. The van der Waals surface area contributed by atoms with Crippen LogP contribution < -0.4 is 0 Å². The van der Waals surface area contributed by atoms with Gasteiger partial charge in [0.2, 0.25) is 0 Å². The van der Waals surface area contributed by atoms with Gasteiger partial charge in [0.15, 0.2) is 0 Å². The normalized spacial score (nSPS) is 7.05. The first-order valence-electron chi connectivity index (χ1n) is 7.88. The monoisotopic (exact) mass is 272 g/mol. The third-order valence-corrected chi connectivity index (χ3v) is 1.99. The number of allylic oxidation sites excluding steroid dienone is 2. The molecular formula is C19H44. The van der Waals surface area contributed by atoms with Crippen molar-refractivity contribution in [2.75, 3.05) is 0 Å². The summed E-state index contributed by atoms with van der Waals surface area (Å²) in [5.41, 5.74) is 0. The average Bonchev–Trinajstić information content (AvgIpc) is 2.42. The van der Waals surface area contributed by atoms with Crippen molar-refractivity contribution in [3.8, 4) is 0 Å². The molecule has 0 atom stereocenters. The van der Waals surface area contributed by atoms with Crippen LogP contribution in [0, 0.1) is 0 Å². The van der Waals surface area contributed by atoms with Crippen molar-refractivity contribution in [1.82, 2.24) is 0 Å². The second-order valence-corrected chi connectivity index (χ2v) is 4.10. The first-order valence-corrected chi connectivity index (χ1v) is 7.88. The fourth-order valence-corrected chi connectivity index (χ4v) is 0.707. The van der Waals surface area contributed by atoms with E-state index in [0.29, 0.717) is 0 Å². The highest BCUT2D eigenvalue weighted by atomic mass is 13.7. The number of hydrogen-bond donors (Lipinski definition) is 0. The maximum absolute atomic E-state index is 3.48. The Morgan fingerprint density at radius 3 is 0.737 bits per heavy atom. The Morgan fingerprint density at radius 2 is 0.737 bits per heavy atom. The van der Waals surface area contributed by atoms with Gasteiger partial charge in [0.05, 0.1) is 0 Å². The summed E-state index contributed by atoms with van der Waals surface area (Å²) in [4.78, 5) is 0. The fraction of sp³-hybridized carbons (Fsp3) is 0.789. The minimum absolute atomic E-state index is 0. The molecule has 0 aromatic rings. The lowest BCUT2D eigenvalue weighted by Gasteiger charge is -1.79. The molecule has 0 amide bonds. The lowest BCUT2D eigenvalue weighted by atomic mass is 10.3. The number of hydrogen-bond acceptors (Lipinski definition) is 0. The predicted octanol–water partition coefficient (Wildman–Crippen LogP) is 8.19. The van der Waals surface area contributed by atoms with Crippen LogP contribution in [0.2, 0.25) is 0 Å². The topological polar surface area (TPSA) is 0 Å². The zero-order chi connectivity index (χ0) is 15.1. The van der Waals surface area contributed by atoms with Crippen molar-refractivity contribution in [3.63, 3.8) is 0 Å². The van der Waals surface area contributed by atoms with Crippen molar-refractivity contribution < 1.29 is 0 Å². The SMILES string of the molecule is C.C=CCC.C=CCC.CCCCC.CCCCC. The fourth-order valence-electron chi connectivity index (χ4n) is 0.707. The molecule has 0 aliphatic carbocycles. The van der Waals surface area contributed by atoms with E-state index < -0.39 is 0 Å². The highest BCUT2D eigenvalue weighted by Gasteiger charge is 1.68.